The first-order valence-corrected chi connectivity index (χ1v) is 6.60. The van der Waals surface area contributed by atoms with E-state index in [2.05, 4.69) is 48.6 Å². The van der Waals surface area contributed by atoms with Crippen LogP contribution >= 0.6 is 0 Å². The molecule has 2 heteroatoms. The summed E-state index contributed by atoms with van der Waals surface area (Å²) in [5, 5.41) is 0. The molecule has 0 saturated heterocycles. The van der Waals surface area contributed by atoms with Crippen LogP contribution in [0.15, 0.2) is 48.6 Å². The average Bonchev–Trinajstić information content (AvgIpc) is 2.15. The second-order valence-electron chi connectivity index (χ2n) is 4.20. The van der Waals surface area contributed by atoms with Crippen molar-refractivity contribution in [2.75, 3.05) is 0 Å². The van der Waals surface area contributed by atoms with Crippen molar-refractivity contribution in [2.45, 2.75) is 51.4 Å². The Labute approximate surface area is 110 Å². The molecule has 0 N–H and O–H groups in total. The molecule has 0 atom stereocenters. The van der Waals surface area contributed by atoms with Crippen molar-refractivity contribution < 1.29 is 9.41 Å². The molecule has 0 heterocycles. The second-order valence-corrected chi connectivity index (χ2v) is 4.20. The minimum absolute atomic E-state index is 0. The fourth-order valence-electron chi connectivity index (χ4n) is 1.71. The molecule has 2 aliphatic carbocycles. The van der Waals surface area contributed by atoms with Gasteiger partial charge in [0.15, 0.2) is 0 Å². The van der Waals surface area contributed by atoms with Gasteiger partial charge < -0.3 is 0 Å². The van der Waals surface area contributed by atoms with E-state index in [4.69, 9.17) is 0 Å². The Hall–Kier alpha value is -1.18. The van der Waals surface area contributed by atoms with E-state index in [1.807, 2.05) is 0 Å². The van der Waals surface area contributed by atoms with Crippen LogP contribution in [0.3, 0.4) is 0 Å². The highest BCUT2D eigenvalue weighted by Crippen LogP contribution is 2.03. The third kappa shape index (κ3) is 12.9. The summed E-state index contributed by atoms with van der Waals surface area (Å²) in [5.41, 5.74) is 0. The third-order valence-electron chi connectivity index (χ3n) is 2.67. The zero-order valence-electron chi connectivity index (χ0n) is 11.1. The van der Waals surface area contributed by atoms with Gasteiger partial charge in [0.05, 0.1) is 0 Å². The molecular weight excluding hydrogens is 230 g/mol. The summed E-state index contributed by atoms with van der Waals surface area (Å²) in [5.74, 6) is 0. The highest BCUT2D eigenvalue weighted by Gasteiger charge is 1.82. The van der Waals surface area contributed by atoms with Crippen molar-refractivity contribution in [3.63, 3.8) is 0 Å². The Balaban J connectivity index is 0. The molecule has 0 amide bonds. The van der Waals surface area contributed by atoms with Gasteiger partial charge in [0.2, 0.25) is 0 Å². The lowest BCUT2D eigenvalue weighted by molar-refractivity contribution is 0.962. The quantitative estimate of drug-likeness (QED) is 0.491. The van der Waals surface area contributed by atoms with Crippen LogP contribution in [0.2, 0.25) is 0 Å². The zero-order chi connectivity index (χ0) is 11.3. The average molecular weight is 256 g/mol. The molecule has 0 saturated carbocycles. The highest BCUT2D eigenvalue weighted by atomic mass is 19.0. The number of hydrogen-bond acceptors (Lipinski definition) is 0. The van der Waals surface area contributed by atoms with Crippen molar-refractivity contribution in [3.8, 4) is 0 Å². The van der Waals surface area contributed by atoms with Crippen molar-refractivity contribution in [1.29, 1.82) is 0 Å². The SMILES string of the molecule is C1=CCCC=CCC1.C1=CCCC=CCC1.F.F. The van der Waals surface area contributed by atoms with E-state index in [1.165, 1.54) is 51.4 Å². The summed E-state index contributed by atoms with van der Waals surface area (Å²) >= 11 is 0. The van der Waals surface area contributed by atoms with E-state index < -0.39 is 0 Å². The van der Waals surface area contributed by atoms with Crippen LogP contribution in [0, 0.1) is 0 Å². The van der Waals surface area contributed by atoms with E-state index in [9.17, 15) is 0 Å². The molecular formula is C16H26F2. The minimum Gasteiger partial charge on any atom is -0.269 e. The van der Waals surface area contributed by atoms with Crippen LogP contribution in [-0.2, 0) is 0 Å². The van der Waals surface area contributed by atoms with Crippen LogP contribution in [-0.4, -0.2) is 0 Å². The number of hydrogen-bond donors (Lipinski definition) is 0. The highest BCUT2D eigenvalue weighted by molar-refractivity contribution is 4.94. The van der Waals surface area contributed by atoms with Crippen LogP contribution in [0.4, 0.5) is 9.41 Å². The van der Waals surface area contributed by atoms with Gasteiger partial charge in [0.25, 0.3) is 0 Å². The molecule has 18 heavy (non-hydrogen) atoms. The van der Waals surface area contributed by atoms with Gasteiger partial charge in [0, 0.05) is 0 Å². The molecule has 0 radical (unpaired) electrons. The molecule has 0 aromatic heterocycles. The predicted octanol–water partition coefficient (Wildman–Crippen LogP) is 5.65. The standard InChI is InChI=1S/2C8H12.2FH/c2*1-2-4-6-8-7-5-3-1;;/h2*1-2,7-8H,3-6H2;2*1H. The maximum atomic E-state index is 2.27. The van der Waals surface area contributed by atoms with E-state index in [0.717, 1.165) is 0 Å². The first-order valence-electron chi connectivity index (χ1n) is 6.60. The summed E-state index contributed by atoms with van der Waals surface area (Å²) < 4.78 is 0. The van der Waals surface area contributed by atoms with Crippen molar-refractivity contribution >= 4 is 0 Å². The molecule has 0 aliphatic heterocycles. The molecule has 104 valence electrons. The lowest BCUT2D eigenvalue weighted by atomic mass is 10.1. The van der Waals surface area contributed by atoms with Gasteiger partial charge in [-0.3, -0.25) is 9.41 Å². The Morgan fingerprint density at radius 1 is 0.278 bits per heavy atom. The molecule has 0 fully saturated rings. The monoisotopic (exact) mass is 256 g/mol. The van der Waals surface area contributed by atoms with Gasteiger partial charge in [-0.2, -0.15) is 0 Å². The summed E-state index contributed by atoms with van der Waals surface area (Å²) in [6, 6.07) is 0. The van der Waals surface area contributed by atoms with Crippen LogP contribution < -0.4 is 0 Å². The molecule has 0 bridgehead atoms. The molecule has 0 unspecified atom stereocenters. The fourth-order valence-corrected chi connectivity index (χ4v) is 1.71. The maximum absolute atomic E-state index is 2.27. The van der Waals surface area contributed by atoms with E-state index >= 15 is 0 Å². The van der Waals surface area contributed by atoms with E-state index in [-0.39, 0.29) is 9.41 Å². The van der Waals surface area contributed by atoms with Crippen LogP contribution in [0.1, 0.15) is 51.4 Å². The van der Waals surface area contributed by atoms with Gasteiger partial charge in [-0.25, -0.2) is 0 Å². The van der Waals surface area contributed by atoms with Crippen LogP contribution in [0.25, 0.3) is 0 Å². The van der Waals surface area contributed by atoms with Gasteiger partial charge in [0.1, 0.15) is 0 Å². The summed E-state index contributed by atoms with van der Waals surface area (Å²) in [6.07, 6.45) is 28.0. The first-order chi connectivity index (χ1) is 8.00. The smallest absolute Gasteiger partial charge is 0.0316 e. The van der Waals surface area contributed by atoms with E-state index in [1.54, 1.807) is 0 Å². The molecule has 2 aliphatic rings. The summed E-state index contributed by atoms with van der Waals surface area (Å²) in [4.78, 5) is 0. The lowest BCUT2D eigenvalue weighted by Crippen LogP contribution is -1.71. The third-order valence-corrected chi connectivity index (χ3v) is 2.67. The molecule has 2 rings (SSSR count). The van der Waals surface area contributed by atoms with Gasteiger partial charge in [-0.1, -0.05) is 48.6 Å². The van der Waals surface area contributed by atoms with Crippen molar-refractivity contribution in [1.82, 2.24) is 0 Å². The summed E-state index contributed by atoms with van der Waals surface area (Å²) in [7, 11) is 0. The lowest BCUT2D eigenvalue weighted by Gasteiger charge is -1.92. The Bertz CT molecular complexity index is 182. The molecule has 0 spiro atoms. The largest absolute Gasteiger partial charge is 0.269 e. The van der Waals surface area contributed by atoms with Gasteiger partial charge in [-0.05, 0) is 51.4 Å². The topological polar surface area (TPSA) is 0 Å². The Morgan fingerprint density at radius 3 is 0.500 bits per heavy atom. The Kier molecular flexibility index (Phi) is 16.8. The fraction of sp³-hybridized carbons (Fsp3) is 0.500. The van der Waals surface area contributed by atoms with Crippen molar-refractivity contribution in [3.05, 3.63) is 48.6 Å². The summed E-state index contributed by atoms with van der Waals surface area (Å²) in [6.45, 7) is 0. The number of halogens is 2. The van der Waals surface area contributed by atoms with E-state index in [0.29, 0.717) is 0 Å². The normalized spacial score (nSPS) is 17.8. The van der Waals surface area contributed by atoms with Gasteiger partial charge in [-0.15, -0.1) is 0 Å². The van der Waals surface area contributed by atoms with Gasteiger partial charge >= 0.3 is 0 Å². The first kappa shape index (κ1) is 19.2. The van der Waals surface area contributed by atoms with Crippen LogP contribution in [0.5, 0.6) is 0 Å². The zero-order valence-corrected chi connectivity index (χ0v) is 11.1. The number of rotatable bonds is 0. The minimum atomic E-state index is 0. The van der Waals surface area contributed by atoms with Crippen molar-refractivity contribution in [2.24, 2.45) is 0 Å². The molecule has 0 nitrogen and oxygen atoms in total. The predicted molar refractivity (Wildman–Crippen MR) is 78.5 cm³/mol. The number of allylic oxidation sites excluding steroid dienone is 8. The second kappa shape index (κ2) is 15.8. The maximum Gasteiger partial charge on any atom is -0.0316 e. The molecule has 0 aromatic rings. The Morgan fingerprint density at radius 2 is 0.389 bits per heavy atom. The molecule has 0 aromatic carbocycles.